The van der Waals surface area contributed by atoms with Gasteiger partial charge in [-0.25, -0.2) is 0 Å². The average Bonchev–Trinajstić information content (AvgIpc) is 2.44. The summed E-state index contributed by atoms with van der Waals surface area (Å²) < 4.78 is 0. The summed E-state index contributed by atoms with van der Waals surface area (Å²) in [4.78, 5) is 14.6. The molecule has 0 heterocycles. The van der Waals surface area contributed by atoms with Crippen molar-refractivity contribution in [3.63, 3.8) is 0 Å². The predicted molar refractivity (Wildman–Crippen MR) is 85.4 cm³/mol. The summed E-state index contributed by atoms with van der Waals surface area (Å²) in [5.41, 5.74) is 2.71. The van der Waals surface area contributed by atoms with Crippen LogP contribution in [0, 0.1) is 6.92 Å². The molecule has 4 heteroatoms. The van der Waals surface area contributed by atoms with Gasteiger partial charge in [-0.15, -0.1) is 0 Å². The highest BCUT2D eigenvalue weighted by molar-refractivity contribution is 5.99. The first-order valence-electron chi connectivity index (χ1n) is 7.33. The Kier molecular flexibility index (Phi) is 6.52. The van der Waals surface area contributed by atoms with E-state index in [4.69, 9.17) is 0 Å². The zero-order chi connectivity index (χ0) is 15.1. The topological polar surface area (TPSA) is 44.4 Å². The Balaban J connectivity index is 2.71. The quantitative estimate of drug-likeness (QED) is 0.805. The number of likely N-dealkylation sites (N-methyl/N-ethyl adjacent to an activating group) is 1. The summed E-state index contributed by atoms with van der Waals surface area (Å²) in [5, 5.41) is 6.15. The predicted octanol–water partition coefficient (Wildman–Crippen LogP) is 2.50. The van der Waals surface area contributed by atoms with Gasteiger partial charge in [-0.1, -0.05) is 19.9 Å². The lowest BCUT2D eigenvalue weighted by Crippen LogP contribution is -2.42. The molecule has 4 nitrogen and oxygen atoms in total. The first kappa shape index (κ1) is 16.5. The summed E-state index contributed by atoms with van der Waals surface area (Å²) in [7, 11) is 1.84. The number of hydrogen-bond donors (Lipinski definition) is 2. The van der Waals surface area contributed by atoms with E-state index in [0.29, 0.717) is 5.56 Å². The number of aryl methyl sites for hydroxylation is 1. The Morgan fingerprint density at radius 3 is 2.50 bits per heavy atom. The van der Waals surface area contributed by atoms with E-state index in [1.165, 1.54) is 0 Å². The van der Waals surface area contributed by atoms with Crippen LogP contribution in [0.3, 0.4) is 0 Å². The van der Waals surface area contributed by atoms with Crippen molar-refractivity contribution in [2.75, 3.05) is 32.0 Å². The maximum Gasteiger partial charge on any atom is 0.253 e. The third kappa shape index (κ3) is 4.53. The van der Waals surface area contributed by atoms with Gasteiger partial charge in [0.1, 0.15) is 0 Å². The Morgan fingerprint density at radius 2 is 1.95 bits per heavy atom. The standard InChI is InChI=1S/C16H27N3O/c1-6-19(7-2)11-13(4)18-16(20)14-9-8-12(3)10-15(14)17-5/h8-10,13,17H,6-7,11H2,1-5H3,(H,18,20). The number of benzene rings is 1. The van der Waals surface area contributed by atoms with Crippen LogP contribution in [0.5, 0.6) is 0 Å². The maximum absolute atomic E-state index is 12.3. The van der Waals surface area contributed by atoms with Crippen LogP contribution in [0.15, 0.2) is 18.2 Å². The van der Waals surface area contributed by atoms with Crippen LogP contribution >= 0.6 is 0 Å². The van der Waals surface area contributed by atoms with Crippen molar-refractivity contribution in [1.29, 1.82) is 0 Å². The van der Waals surface area contributed by atoms with Crippen molar-refractivity contribution in [3.05, 3.63) is 29.3 Å². The van der Waals surface area contributed by atoms with Gasteiger partial charge in [-0.2, -0.15) is 0 Å². The van der Waals surface area contributed by atoms with Gasteiger partial charge in [0.05, 0.1) is 5.56 Å². The zero-order valence-electron chi connectivity index (χ0n) is 13.3. The number of hydrogen-bond acceptors (Lipinski definition) is 3. The molecule has 20 heavy (non-hydrogen) atoms. The van der Waals surface area contributed by atoms with Crippen LogP contribution in [0.1, 0.15) is 36.7 Å². The van der Waals surface area contributed by atoms with Gasteiger partial charge >= 0.3 is 0 Å². The fraction of sp³-hybridized carbons (Fsp3) is 0.562. The van der Waals surface area contributed by atoms with Gasteiger partial charge < -0.3 is 15.5 Å². The number of anilines is 1. The monoisotopic (exact) mass is 277 g/mol. The second kappa shape index (κ2) is 7.90. The first-order valence-corrected chi connectivity index (χ1v) is 7.33. The van der Waals surface area contributed by atoms with Crippen molar-refractivity contribution >= 4 is 11.6 Å². The van der Waals surface area contributed by atoms with Crippen LogP contribution in [0.25, 0.3) is 0 Å². The molecule has 2 N–H and O–H groups in total. The molecule has 0 aliphatic rings. The summed E-state index contributed by atoms with van der Waals surface area (Å²) in [6.07, 6.45) is 0. The summed E-state index contributed by atoms with van der Waals surface area (Å²) in [5.74, 6) is -0.0194. The molecule has 0 radical (unpaired) electrons. The third-order valence-electron chi connectivity index (χ3n) is 3.49. The van der Waals surface area contributed by atoms with Crippen molar-refractivity contribution in [2.24, 2.45) is 0 Å². The maximum atomic E-state index is 12.3. The minimum Gasteiger partial charge on any atom is -0.387 e. The van der Waals surface area contributed by atoms with Crippen LogP contribution in [-0.2, 0) is 0 Å². The van der Waals surface area contributed by atoms with E-state index in [1.54, 1.807) is 0 Å². The Labute approximate surface area is 122 Å². The lowest BCUT2D eigenvalue weighted by molar-refractivity contribution is 0.0931. The fourth-order valence-corrected chi connectivity index (χ4v) is 2.28. The van der Waals surface area contributed by atoms with Gasteiger partial charge in [-0.3, -0.25) is 4.79 Å². The molecule has 0 saturated carbocycles. The van der Waals surface area contributed by atoms with E-state index in [0.717, 1.165) is 30.9 Å². The second-order valence-electron chi connectivity index (χ2n) is 5.16. The summed E-state index contributed by atoms with van der Waals surface area (Å²) in [6.45, 7) is 11.2. The third-order valence-corrected chi connectivity index (χ3v) is 3.49. The van der Waals surface area contributed by atoms with Gasteiger partial charge in [0.2, 0.25) is 0 Å². The molecule has 1 atom stereocenters. The number of nitrogens with zero attached hydrogens (tertiary/aromatic N) is 1. The average molecular weight is 277 g/mol. The molecule has 112 valence electrons. The molecule has 0 aromatic heterocycles. The van der Waals surface area contributed by atoms with Crippen LogP contribution < -0.4 is 10.6 Å². The van der Waals surface area contributed by atoms with Gasteiger partial charge in [0, 0.05) is 25.3 Å². The lowest BCUT2D eigenvalue weighted by atomic mass is 10.1. The van der Waals surface area contributed by atoms with E-state index in [2.05, 4.69) is 29.4 Å². The molecule has 1 amide bonds. The zero-order valence-corrected chi connectivity index (χ0v) is 13.3. The highest BCUT2D eigenvalue weighted by atomic mass is 16.1. The van der Waals surface area contributed by atoms with E-state index < -0.39 is 0 Å². The van der Waals surface area contributed by atoms with Gasteiger partial charge in [0.15, 0.2) is 0 Å². The number of carbonyl (C=O) groups excluding carboxylic acids is 1. The Morgan fingerprint density at radius 1 is 1.30 bits per heavy atom. The molecule has 0 spiro atoms. The van der Waals surface area contributed by atoms with Crippen LogP contribution in [0.2, 0.25) is 0 Å². The highest BCUT2D eigenvalue weighted by Gasteiger charge is 2.14. The molecule has 0 aliphatic carbocycles. The molecule has 0 aliphatic heterocycles. The fourth-order valence-electron chi connectivity index (χ4n) is 2.28. The lowest BCUT2D eigenvalue weighted by Gasteiger charge is -2.23. The minimum absolute atomic E-state index is 0.0194. The normalized spacial score (nSPS) is 12.3. The molecular formula is C16H27N3O. The summed E-state index contributed by atoms with van der Waals surface area (Å²) >= 11 is 0. The number of nitrogens with one attached hydrogen (secondary N) is 2. The van der Waals surface area contributed by atoms with Crippen molar-refractivity contribution < 1.29 is 4.79 Å². The van der Waals surface area contributed by atoms with Crippen LogP contribution in [0.4, 0.5) is 5.69 Å². The molecule has 1 aromatic carbocycles. The van der Waals surface area contributed by atoms with Crippen LogP contribution in [-0.4, -0.2) is 43.5 Å². The highest BCUT2D eigenvalue weighted by Crippen LogP contribution is 2.17. The van der Waals surface area contributed by atoms with E-state index in [9.17, 15) is 4.79 Å². The van der Waals surface area contributed by atoms with E-state index in [1.807, 2.05) is 39.1 Å². The number of carbonyl (C=O) groups is 1. The van der Waals surface area contributed by atoms with Crippen molar-refractivity contribution in [3.8, 4) is 0 Å². The second-order valence-corrected chi connectivity index (χ2v) is 5.16. The minimum atomic E-state index is -0.0194. The molecule has 1 aromatic rings. The first-order chi connectivity index (χ1) is 9.51. The summed E-state index contributed by atoms with van der Waals surface area (Å²) in [6, 6.07) is 5.96. The number of rotatable bonds is 7. The smallest absolute Gasteiger partial charge is 0.253 e. The Hall–Kier alpha value is -1.55. The molecule has 1 rings (SSSR count). The molecule has 1 unspecified atom stereocenters. The Bertz CT molecular complexity index is 441. The van der Waals surface area contributed by atoms with Crippen molar-refractivity contribution in [1.82, 2.24) is 10.2 Å². The van der Waals surface area contributed by atoms with E-state index in [-0.39, 0.29) is 11.9 Å². The van der Waals surface area contributed by atoms with Gasteiger partial charge in [0.25, 0.3) is 5.91 Å². The SMILES string of the molecule is CCN(CC)CC(C)NC(=O)c1ccc(C)cc1NC. The van der Waals surface area contributed by atoms with E-state index >= 15 is 0 Å². The molecule has 0 saturated heterocycles. The van der Waals surface area contributed by atoms with Crippen molar-refractivity contribution in [2.45, 2.75) is 33.7 Å². The van der Waals surface area contributed by atoms with Gasteiger partial charge in [-0.05, 0) is 44.6 Å². The molecular weight excluding hydrogens is 250 g/mol. The number of amides is 1. The largest absolute Gasteiger partial charge is 0.387 e. The molecule has 0 bridgehead atoms. The molecule has 0 fully saturated rings.